The molecule has 0 radical (unpaired) electrons. The molecule has 3 saturated heterocycles. The monoisotopic (exact) mass is 1210 g/mol. The van der Waals surface area contributed by atoms with E-state index < -0.39 is 82.2 Å². The lowest BCUT2D eigenvalue weighted by Crippen LogP contribution is -2.54. The van der Waals surface area contributed by atoms with Gasteiger partial charge in [-0.2, -0.15) is 23.1 Å². The van der Waals surface area contributed by atoms with Crippen molar-refractivity contribution in [2.75, 3.05) is 77.2 Å². The molecule has 0 spiro atoms. The highest BCUT2D eigenvalue weighted by atomic mass is 35.5. The minimum Gasteiger partial charge on any atom is -0.462 e. The first-order chi connectivity index (χ1) is 40.9. The van der Waals surface area contributed by atoms with Crippen LogP contribution in [0.2, 0.25) is 5.02 Å². The standard InChI is InChI=1S/C60H64ClF4N11O10/c1-8-36-37-21-35(14-15-43(37)67-49-39(36)26-76-44(49)23-41-40(54(76)78)29-83-55(79)59(41,82)9-2)86-57(80)72(7)25-33-12-11-17-75(33)58(81)85-27-31(4)53(77)73-18-19-74(32(5)24-73)52-38-22-42(61)46(51-47(60(63,64)65)30(3)20-45(66)68-51)48(62)50(38)69-56(70-52)84-28-34-13-10-16-71(34)6/h14-15,20-23,32-34,82H,4,8-13,16-19,24-29H2,1-3,5-7H3,(H2,66,68). The number of hydrogen-bond acceptors (Lipinski definition) is 17. The van der Waals surface area contributed by atoms with Gasteiger partial charge in [0.05, 0.1) is 56.9 Å². The van der Waals surface area contributed by atoms with Crippen molar-refractivity contribution in [3.05, 3.63) is 103 Å². The molecular formula is C60H64ClF4N11O10. The number of nitrogens with two attached hydrogens (primary N) is 1. The van der Waals surface area contributed by atoms with Crippen LogP contribution in [0.25, 0.3) is 44.5 Å². The number of aliphatic hydroxyl groups is 1. The molecule has 21 nitrogen and oxygen atoms in total. The number of nitrogen functional groups attached to an aromatic ring is 1. The first-order valence-corrected chi connectivity index (χ1v) is 28.9. The number of halogens is 5. The fourth-order valence-electron chi connectivity index (χ4n) is 12.7. The van der Waals surface area contributed by atoms with Crippen LogP contribution in [-0.2, 0) is 50.4 Å². The van der Waals surface area contributed by atoms with Gasteiger partial charge in [0.25, 0.3) is 11.5 Å². The van der Waals surface area contributed by atoms with Crippen molar-refractivity contribution < 1.29 is 60.8 Å². The number of fused-ring (bicyclic) bond motifs is 6. The third-order valence-corrected chi connectivity index (χ3v) is 17.6. The van der Waals surface area contributed by atoms with Crippen LogP contribution in [0, 0.1) is 12.7 Å². The van der Waals surface area contributed by atoms with E-state index in [0.717, 1.165) is 36.6 Å². The van der Waals surface area contributed by atoms with Gasteiger partial charge in [-0.25, -0.2) is 28.7 Å². The van der Waals surface area contributed by atoms with Crippen LogP contribution in [0.15, 0.2) is 53.3 Å². The SMILES string of the molecule is C=C(COC(=O)N1CCCC1CN(C)C(=O)Oc1ccc2nc3c(c(CC)c2c1)Cn1c-3cc2c(c1=O)COC(=O)C2(O)CC)C(=O)N1CCN(c2nc(OCC3CCCN3C)nc3c(F)c(-c4nc(N)cc(C)c4C(F)(F)F)c(Cl)cc23)C(C)C1. The molecule has 26 heteroatoms. The van der Waals surface area contributed by atoms with Crippen molar-refractivity contribution in [1.29, 1.82) is 0 Å². The molecule has 3 fully saturated rings. The topological polar surface area (TPSA) is 241 Å². The molecule has 0 saturated carbocycles. The van der Waals surface area contributed by atoms with E-state index in [1.165, 1.54) is 27.7 Å². The Morgan fingerprint density at radius 1 is 0.977 bits per heavy atom. The summed E-state index contributed by atoms with van der Waals surface area (Å²) in [5.74, 6) is -2.32. The summed E-state index contributed by atoms with van der Waals surface area (Å²) in [4.78, 5) is 94.1. The summed E-state index contributed by atoms with van der Waals surface area (Å²) in [6.07, 6.45) is -2.81. The second kappa shape index (κ2) is 22.9. The van der Waals surface area contributed by atoms with Crippen molar-refractivity contribution in [2.24, 2.45) is 0 Å². The third-order valence-electron chi connectivity index (χ3n) is 17.3. The summed E-state index contributed by atoms with van der Waals surface area (Å²) >= 11 is 6.71. The predicted octanol–water partition coefficient (Wildman–Crippen LogP) is 8.15. The number of ether oxygens (including phenoxy) is 4. The van der Waals surface area contributed by atoms with Crippen molar-refractivity contribution in [2.45, 2.75) is 109 Å². The minimum atomic E-state index is -4.94. The summed E-state index contributed by atoms with van der Waals surface area (Å²) in [7, 11) is 3.51. The Balaban J connectivity index is 0.732. The average molecular weight is 1210 g/mol. The van der Waals surface area contributed by atoms with Crippen molar-refractivity contribution >= 4 is 69.1 Å². The number of aromatic nitrogens is 5. The normalized spacial score (nSPS) is 20.3. The highest BCUT2D eigenvalue weighted by Crippen LogP contribution is 2.46. The van der Waals surface area contributed by atoms with E-state index in [1.807, 2.05) is 25.8 Å². The van der Waals surface area contributed by atoms with Crippen LogP contribution in [-0.4, -0.2) is 158 Å². The highest BCUT2D eigenvalue weighted by Gasteiger charge is 2.46. The quantitative estimate of drug-likeness (QED) is 0.0629. The first-order valence-electron chi connectivity index (χ1n) is 28.5. The molecule has 6 aromatic rings. The fraction of sp³-hybridized carbons (Fsp3) is 0.450. The number of esters is 1. The molecule has 2 aromatic carbocycles. The largest absolute Gasteiger partial charge is 0.462 e. The number of carbonyl (C=O) groups excluding carboxylic acids is 4. The summed E-state index contributed by atoms with van der Waals surface area (Å²) in [5, 5.41) is 11.7. The van der Waals surface area contributed by atoms with E-state index in [1.54, 1.807) is 42.8 Å². The zero-order chi connectivity index (χ0) is 61.4. The molecule has 454 valence electrons. The molecule has 4 atom stereocenters. The lowest BCUT2D eigenvalue weighted by Gasteiger charge is -2.41. The van der Waals surface area contributed by atoms with Gasteiger partial charge >= 0.3 is 30.3 Å². The number of cyclic esters (lactones) is 1. The molecular weight excluding hydrogens is 1150 g/mol. The number of aryl methyl sites for hydroxylation is 2. The van der Waals surface area contributed by atoms with Crippen molar-refractivity contribution in [3.63, 3.8) is 0 Å². The van der Waals surface area contributed by atoms with Gasteiger partial charge in [0, 0.05) is 79.3 Å². The number of alkyl halides is 3. The summed E-state index contributed by atoms with van der Waals surface area (Å²) < 4.78 is 85.2. The van der Waals surface area contributed by atoms with Gasteiger partial charge in [-0.3, -0.25) is 9.59 Å². The van der Waals surface area contributed by atoms with Gasteiger partial charge in [-0.05, 0) is 113 Å². The van der Waals surface area contributed by atoms with Crippen LogP contribution in [0.4, 0.5) is 38.8 Å². The van der Waals surface area contributed by atoms with Crippen LogP contribution in [0.1, 0.15) is 86.3 Å². The highest BCUT2D eigenvalue weighted by molar-refractivity contribution is 6.34. The number of hydrogen-bond donors (Lipinski definition) is 2. The Hall–Kier alpha value is -8.16. The molecule has 9 heterocycles. The Morgan fingerprint density at radius 3 is 2.44 bits per heavy atom. The number of anilines is 2. The Kier molecular flexibility index (Phi) is 15.9. The van der Waals surface area contributed by atoms with Crippen molar-refractivity contribution in [1.82, 2.24) is 44.1 Å². The number of nitrogens with zero attached hydrogens (tertiary/aromatic N) is 10. The zero-order valence-corrected chi connectivity index (χ0v) is 49.0. The molecule has 5 aliphatic rings. The summed E-state index contributed by atoms with van der Waals surface area (Å²) in [6, 6.07) is 7.92. The molecule has 3 N–H and O–H groups in total. The number of amides is 3. The molecule has 86 heavy (non-hydrogen) atoms. The Labute approximate surface area is 496 Å². The van der Waals surface area contributed by atoms with E-state index in [2.05, 4.69) is 21.4 Å². The van der Waals surface area contributed by atoms with Gasteiger partial charge < -0.3 is 58.9 Å². The predicted molar refractivity (Wildman–Crippen MR) is 309 cm³/mol. The molecule has 5 aliphatic heterocycles. The lowest BCUT2D eigenvalue weighted by atomic mass is 9.86. The fourth-order valence-corrected chi connectivity index (χ4v) is 13.0. The smallest absolute Gasteiger partial charge is 0.418 e. The molecule has 4 aromatic heterocycles. The summed E-state index contributed by atoms with van der Waals surface area (Å²) in [5.41, 5.74) is 4.04. The second-order valence-corrected chi connectivity index (χ2v) is 23.1. The molecule has 0 aliphatic carbocycles. The van der Waals surface area contributed by atoms with Crippen LogP contribution in [0.3, 0.4) is 0 Å². The van der Waals surface area contributed by atoms with Gasteiger partial charge in [0.1, 0.15) is 42.7 Å². The van der Waals surface area contributed by atoms with Gasteiger partial charge in [-0.15, -0.1) is 0 Å². The number of likely N-dealkylation sites (tertiary alicyclic amines) is 2. The van der Waals surface area contributed by atoms with Gasteiger partial charge in [-0.1, -0.05) is 32.0 Å². The number of rotatable bonds is 13. The number of piperazine rings is 1. The minimum absolute atomic E-state index is 0.00283. The lowest BCUT2D eigenvalue weighted by molar-refractivity contribution is -0.172. The molecule has 0 bridgehead atoms. The maximum Gasteiger partial charge on any atom is 0.418 e. The molecule has 4 unspecified atom stereocenters. The van der Waals surface area contributed by atoms with E-state index in [-0.39, 0.29) is 121 Å². The van der Waals surface area contributed by atoms with E-state index in [9.17, 15) is 42.3 Å². The van der Waals surface area contributed by atoms with Gasteiger partial charge in [0.2, 0.25) is 0 Å². The average Bonchev–Trinajstić information content (AvgIpc) is 1.52. The summed E-state index contributed by atoms with van der Waals surface area (Å²) in [6.45, 7) is 11.9. The molecule has 11 rings (SSSR count). The number of likely N-dealkylation sites (N-methyl/N-ethyl adjacent to an activating group) is 2. The van der Waals surface area contributed by atoms with Gasteiger partial charge in [0.15, 0.2) is 11.4 Å². The third kappa shape index (κ3) is 10.6. The van der Waals surface area contributed by atoms with Crippen LogP contribution in [0.5, 0.6) is 11.8 Å². The van der Waals surface area contributed by atoms with Crippen LogP contribution >= 0.6 is 11.6 Å². The van der Waals surface area contributed by atoms with E-state index in [0.29, 0.717) is 48.1 Å². The first kappa shape index (κ1) is 59.6. The Morgan fingerprint density at radius 2 is 1.73 bits per heavy atom. The maximum atomic E-state index is 17.1. The number of carbonyl (C=O) groups is 4. The number of pyridine rings is 3. The van der Waals surface area contributed by atoms with E-state index >= 15 is 4.39 Å². The number of benzene rings is 2. The Bertz CT molecular complexity index is 3880. The van der Waals surface area contributed by atoms with Crippen molar-refractivity contribution in [3.8, 4) is 34.4 Å². The second-order valence-electron chi connectivity index (χ2n) is 22.7. The van der Waals surface area contributed by atoms with E-state index in [4.69, 9.17) is 46.3 Å². The molecule has 3 amide bonds. The maximum absolute atomic E-state index is 17.1. The van der Waals surface area contributed by atoms with Crippen LogP contribution < -0.4 is 25.7 Å². The zero-order valence-electron chi connectivity index (χ0n) is 48.3.